The van der Waals surface area contributed by atoms with Crippen molar-refractivity contribution in [1.29, 1.82) is 0 Å². The minimum atomic E-state index is -4.36. The number of aryl methyl sites for hydroxylation is 2. The molecule has 3 rings (SSSR count). The van der Waals surface area contributed by atoms with Gasteiger partial charge in [0, 0.05) is 12.5 Å². The summed E-state index contributed by atoms with van der Waals surface area (Å²) >= 11 is 0. The van der Waals surface area contributed by atoms with E-state index in [4.69, 9.17) is 0 Å². The smallest absolute Gasteiger partial charge is 0.352 e. The highest BCUT2D eigenvalue weighted by Crippen LogP contribution is 2.37. The molecule has 1 aliphatic carbocycles. The third kappa shape index (κ3) is 5.49. The summed E-state index contributed by atoms with van der Waals surface area (Å²) in [6.07, 6.45) is 0.270. The molecular weight excluding hydrogens is 375 g/mol. The highest BCUT2D eigenvalue weighted by atomic mass is 19.4. The summed E-state index contributed by atoms with van der Waals surface area (Å²) in [6, 6.07) is 10.4. The van der Waals surface area contributed by atoms with Crippen molar-refractivity contribution in [3.63, 3.8) is 0 Å². The van der Waals surface area contributed by atoms with Crippen LogP contribution in [0.2, 0.25) is 0 Å². The van der Waals surface area contributed by atoms with E-state index >= 15 is 0 Å². The fraction of sp³-hybridized carbons (Fsp3) is 0.375. The number of alkyl halides is 3. The third-order valence-electron chi connectivity index (χ3n) is 5.54. The van der Waals surface area contributed by atoms with Gasteiger partial charge in [-0.3, -0.25) is 4.79 Å². The van der Waals surface area contributed by atoms with Gasteiger partial charge in [-0.25, -0.2) is 0 Å². The monoisotopic (exact) mass is 401 g/mol. The fourth-order valence-corrected chi connectivity index (χ4v) is 3.29. The Balaban J connectivity index is 1.73. The van der Waals surface area contributed by atoms with Crippen LogP contribution in [-0.2, 0) is 11.3 Å². The zero-order chi connectivity index (χ0) is 21.2. The predicted molar refractivity (Wildman–Crippen MR) is 109 cm³/mol. The van der Waals surface area contributed by atoms with Gasteiger partial charge in [-0.2, -0.15) is 13.2 Å². The van der Waals surface area contributed by atoms with Crippen molar-refractivity contribution in [1.82, 2.24) is 5.32 Å². The Labute approximate surface area is 169 Å². The van der Waals surface area contributed by atoms with Gasteiger partial charge >= 0.3 is 6.18 Å². The summed E-state index contributed by atoms with van der Waals surface area (Å²) in [7, 11) is 0. The van der Waals surface area contributed by atoms with Gasteiger partial charge in [0.25, 0.3) is 0 Å². The zero-order valence-corrected chi connectivity index (χ0v) is 16.9. The SMILES string of the molecule is Cc1cc(C(/C=C/c2ccc(CNC(=O)C3CC3)cc2)C(F)(F)F)cc(C)c1C. The first-order valence-electron chi connectivity index (χ1n) is 9.84. The van der Waals surface area contributed by atoms with Gasteiger partial charge in [-0.15, -0.1) is 0 Å². The average Bonchev–Trinajstić information content (AvgIpc) is 3.49. The van der Waals surface area contributed by atoms with Crippen LogP contribution in [0.3, 0.4) is 0 Å². The lowest BCUT2D eigenvalue weighted by Crippen LogP contribution is -2.24. The first kappa shape index (κ1) is 21.2. The molecular formula is C24H26F3NO. The van der Waals surface area contributed by atoms with E-state index in [0.29, 0.717) is 12.1 Å². The molecule has 2 aromatic rings. The van der Waals surface area contributed by atoms with Gasteiger partial charge in [0.05, 0.1) is 5.92 Å². The molecule has 1 N–H and O–H groups in total. The topological polar surface area (TPSA) is 29.1 Å². The molecule has 1 amide bonds. The largest absolute Gasteiger partial charge is 0.399 e. The minimum absolute atomic E-state index is 0.0747. The Hall–Kier alpha value is -2.56. The maximum atomic E-state index is 13.7. The summed E-state index contributed by atoms with van der Waals surface area (Å²) in [5, 5.41) is 2.88. The number of carbonyl (C=O) groups is 1. The van der Waals surface area contributed by atoms with E-state index in [9.17, 15) is 18.0 Å². The molecule has 1 atom stereocenters. The molecule has 0 heterocycles. The number of carbonyl (C=O) groups excluding carboxylic acids is 1. The molecule has 0 saturated heterocycles. The van der Waals surface area contributed by atoms with Gasteiger partial charge in [0.15, 0.2) is 0 Å². The molecule has 2 nitrogen and oxygen atoms in total. The highest BCUT2D eigenvalue weighted by molar-refractivity contribution is 5.80. The van der Waals surface area contributed by atoms with E-state index in [1.807, 2.05) is 32.9 Å². The minimum Gasteiger partial charge on any atom is -0.352 e. The van der Waals surface area contributed by atoms with Crippen LogP contribution in [0.25, 0.3) is 6.08 Å². The molecule has 0 aliphatic heterocycles. The molecule has 1 aliphatic rings. The van der Waals surface area contributed by atoms with Crippen molar-refractivity contribution in [2.75, 3.05) is 0 Å². The van der Waals surface area contributed by atoms with Crippen LogP contribution in [0.4, 0.5) is 13.2 Å². The zero-order valence-electron chi connectivity index (χ0n) is 16.9. The summed E-state index contributed by atoms with van der Waals surface area (Å²) < 4.78 is 41.1. The second kappa shape index (κ2) is 8.44. The third-order valence-corrected chi connectivity index (χ3v) is 5.54. The lowest BCUT2D eigenvalue weighted by atomic mass is 9.91. The lowest BCUT2D eigenvalue weighted by molar-refractivity contribution is -0.139. The maximum Gasteiger partial charge on any atom is 0.399 e. The van der Waals surface area contributed by atoms with Gasteiger partial charge in [-0.1, -0.05) is 48.6 Å². The molecule has 0 aromatic heterocycles. The van der Waals surface area contributed by atoms with E-state index < -0.39 is 12.1 Å². The van der Waals surface area contributed by atoms with Crippen molar-refractivity contribution < 1.29 is 18.0 Å². The first-order valence-corrected chi connectivity index (χ1v) is 9.84. The molecule has 1 unspecified atom stereocenters. The van der Waals surface area contributed by atoms with Crippen LogP contribution in [0.5, 0.6) is 0 Å². The van der Waals surface area contributed by atoms with Crippen molar-refractivity contribution >= 4 is 12.0 Å². The van der Waals surface area contributed by atoms with Crippen LogP contribution in [0, 0.1) is 26.7 Å². The van der Waals surface area contributed by atoms with Crippen molar-refractivity contribution in [3.05, 3.63) is 75.9 Å². The van der Waals surface area contributed by atoms with E-state index in [1.165, 1.54) is 12.2 Å². The molecule has 0 spiro atoms. The first-order chi connectivity index (χ1) is 13.6. The van der Waals surface area contributed by atoms with Crippen molar-refractivity contribution in [3.8, 4) is 0 Å². The number of halogens is 3. The number of amides is 1. The summed E-state index contributed by atoms with van der Waals surface area (Å²) in [5.41, 5.74) is 4.61. The molecule has 1 saturated carbocycles. The Kier molecular flexibility index (Phi) is 6.15. The molecule has 1 fully saturated rings. The van der Waals surface area contributed by atoms with E-state index in [-0.39, 0.29) is 17.4 Å². The average molecular weight is 401 g/mol. The molecule has 5 heteroatoms. The molecule has 154 valence electrons. The molecule has 0 bridgehead atoms. The van der Waals surface area contributed by atoms with Gasteiger partial charge in [0.1, 0.15) is 0 Å². The highest BCUT2D eigenvalue weighted by Gasteiger charge is 2.39. The standard InChI is InChI=1S/C24H26F3NO/c1-15-12-21(13-16(2)17(15)3)22(24(25,26)27)11-8-18-4-6-19(7-5-18)14-28-23(29)20-9-10-20/h4-8,11-13,20,22H,9-10,14H2,1-3H3,(H,28,29)/b11-8+. The van der Waals surface area contributed by atoms with Crippen LogP contribution in [-0.4, -0.2) is 12.1 Å². The van der Waals surface area contributed by atoms with Crippen LogP contribution in [0.1, 0.15) is 52.1 Å². The summed E-state index contributed by atoms with van der Waals surface area (Å²) in [5.74, 6) is -1.42. The van der Waals surface area contributed by atoms with Gasteiger partial charge < -0.3 is 5.32 Å². The van der Waals surface area contributed by atoms with Crippen molar-refractivity contribution in [2.45, 2.75) is 52.3 Å². The van der Waals surface area contributed by atoms with Crippen molar-refractivity contribution in [2.24, 2.45) is 5.92 Å². The summed E-state index contributed by atoms with van der Waals surface area (Å²) in [6.45, 7) is 6.03. The Morgan fingerprint density at radius 1 is 1.10 bits per heavy atom. The maximum absolute atomic E-state index is 13.7. The number of nitrogens with one attached hydrogen (secondary N) is 1. The summed E-state index contributed by atoms with van der Waals surface area (Å²) in [4.78, 5) is 11.7. The van der Waals surface area contributed by atoms with E-state index in [0.717, 1.165) is 35.1 Å². The quantitative estimate of drug-likeness (QED) is 0.632. The predicted octanol–water partition coefficient (Wildman–Crippen LogP) is 6.00. The Morgan fingerprint density at radius 3 is 2.21 bits per heavy atom. The number of hydrogen-bond donors (Lipinski definition) is 1. The van der Waals surface area contributed by atoms with Crippen LogP contribution >= 0.6 is 0 Å². The van der Waals surface area contributed by atoms with Crippen LogP contribution < -0.4 is 5.32 Å². The molecule has 2 aromatic carbocycles. The Bertz CT molecular complexity index is 886. The number of benzene rings is 2. The van der Waals surface area contributed by atoms with E-state index in [1.54, 1.807) is 24.3 Å². The lowest BCUT2D eigenvalue weighted by Gasteiger charge is -2.19. The number of allylic oxidation sites excluding steroid dienone is 1. The fourth-order valence-electron chi connectivity index (χ4n) is 3.29. The Morgan fingerprint density at radius 2 is 1.69 bits per heavy atom. The van der Waals surface area contributed by atoms with Gasteiger partial charge in [-0.05, 0) is 67.0 Å². The molecule has 29 heavy (non-hydrogen) atoms. The van der Waals surface area contributed by atoms with E-state index in [2.05, 4.69) is 5.32 Å². The second-order valence-electron chi connectivity index (χ2n) is 7.89. The normalized spacial score (nSPS) is 15.5. The second-order valence-corrected chi connectivity index (χ2v) is 7.89. The van der Waals surface area contributed by atoms with Gasteiger partial charge in [0.2, 0.25) is 5.91 Å². The number of rotatable bonds is 6. The number of hydrogen-bond acceptors (Lipinski definition) is 1. The van der Waals surface area contributed by atoms with Crippen LogP contribution in [0.15, 0.2) is 42.5 Å². The molecule has 0 radical (unpaired) electrons.